The van der Waals surface area contributed by atoms with Gasteiger partial charge in [-0.2, -0.15) is 0 Å². The Kier molecular flexibility index (Phi) is 4.62. The molecule has 168 valence electrons. The number of carbonyl (C=O) groups excluding carboxylic acids is 2. The maximum absolute atomic E-state index is 12.7. The largest absolute Gasteiger partial charge is 0.466 e. The van der Waals surface area contributed by atoms with Crippen LogP contribution in [-0.2, 0) is 23.8 Å². The Bertz CT molecular complexity index is 752. The Morgan fingerprint density at radius 2 is 1.87 bits per heavy atom. The lowest BCUT2D eigenvalue weighted by atomic mass is 9.42. The smallest absolute Gasteiger partial charge is 0.309 e. The maximum Gasteiger partial charge on any atom is 0.309 e. The highest BCUT2D eigenvalue weighted by Gasteiger charge is 2.76. The van der Waals surface area contributed by atoms with Crippen molar-refractivity contribution in [1.82, 2.24) is 0 Å². The van der Waals surface area contributed by atoms with Crippen LogP contribution in [0.3, 0.4) is 0 Å². The summed E-state index contributed by atoms with van der Waals surface area (Å²) in [5, 5.41) is 11.9. The molecule has 0 radical (unpaired) electrons. The average Bonchev–Trinajstić information content (AvgIpc) is 3.16. The summed E-state index contributed by atoms with van der Waals surface area (Å²) in [5.74, 6) is 0.309. The molecule has 5 rings (SSSR count). The molecule has 8 atom stereocenters. The number of rotatable bonds is 3. The van der Waals surface area contributed by atoms with E-state index in [0.717, 1.165) is 44.9 Å². The monoisotopic (exact) mass is 420 g/mol. The molecule has 4 saturated carbocycles. The number of hydrogen-bond donors (Lipinski definition) is 1. The Morgan fingerprint density at radius 3 is 2.60 bits per heavy atom. The van der Waals surface area contributed by atoms with Crippen molar-refractivity contribution in [3.63, 3.8) is 0 Å². The van der Waals surface area contributed by atoms with E-state index in [-0.39, 0.29) is 40.4 Å². The molecule has 0 aromatic carbocycles. The molecule has 6 nitrogen and oxygen atoms in total. The number of ether oxygens (including phenoxy) is 3. The summed E-state index contributed by atoms with van der Waals surface area (Å²) in [4.78, 5) is 24.2. The van der Waals surface area contributed by atoms with Crippen molar-refractivity contribution in [3.05, 3.63) is 0 Å². The molecule has 6 heteroatoms. The van der Waals surface area contributed by atoms with E-state index in [0.29, 0.717) is 37.9 Å². The second-order valence-corrected chi connectivity index (χ2v) is 10.9. The standard InChI is InChI=1S/C24H36O6/c1-4-28-20(26)17-5-6-18-21(17,3)9-8-19-22-10-7-16(30-15(2)25)13-23(22,27)11-12-24(18,19)29-14-22/h16-19,27H,4-14H2,1-3H3/t16-,17+,18+,19+,21+,22-,23+,24+/m0/s1. The molecule has 1 saturated heterocycles. The van der Waals surface area contributed by atoms with E-state index in [9.17, 15) is 14.7 Å². The van der Waals surface area contributed by atoms with E-state index >= 15 is 0 Å². The van der Waals surface area contributed by atoms with Gasteiger partial charge in [0, 0.05) is 18.8 Å². The van der Waals surface area contributed by atoms with E-state index in [1.807, 2.05) is 6.92 Å². The van der Waals surface area contributed by atoms with Crippen molar-refractivity contribution in [2.75, 3.05) is 13.2 Å². The van der Waals surface area contributed by atoms with E-state index in [2.05, 4.69) is 6.92 Å². The summed E-state index contributed by atoms with van der Waals surface area (Å²) in [7, 11) is 0. The van der Waals surface area contributed by atoms with Crippen LogP contribution in [0.25, 0.3) is 0 Å². The van der Waals surface area contributed by atoms with Gasteiger partial charge in [-0.05, 0) is 75.5 Å². The predicted octanol–water partition coefficient (Wildman–Crippen LogP) is 3.39. The summed E-state index contributed by atoms with van der Waals surface area (Å²) in [6, 6.07) is 0. The second kappa shape index (κ2) is 6.68. The van der Waals surface area contributed by atoms with Crippen molar-refractivity contribution in [2.24, 2.45) is 28.6 Å². The van der Waals surface area contributed by atoms with E-state index < -0.39 is 5.60 Å². The van der Waals surface area contributed by atoms with Gasteiger partial charge in [-0.1, -0.05) is 6.92 Å². The molecule has 1 N–H and O–H groups in total. The maximum atomic E-state index is 12.7. The lowest BCUT2D eigenvalue weighted by molar-refractivity contribution is -0.219. The third-order valence-corrected chi connectivity index (χ3v) is 9.99. The summed E-state index contributed by atoms with van der Waals surface area (Å²) in [6.07, 6.45) is 7.35. The molecule has 0 aromatic rings. The number of fused-ring (bicyclic) bond motifs is 1. The molecule has 1 spiro atoms. The fourth-order valence-electron chi connectivity index (χ4n) is 8.82. The van der Waals surface area contributed by atoms with Crippen LogP contribution in [0, 0.1) is 28.6 Å². The molecule has 5 aliphatic rings. The van der Waals surface area contributed by atoms with Crippen LogP contribution in [0.2, 0.25) is 0 Å². The lowest BCUT2D eigenvalue weighted by Gasteiger charge is -2.63. The molecular weight excluding hydrogens is 384 g/mol. The zero-order chi connectivity index (χ0) is 21.4. The van der Waals surface area contributed by atoms with E-state index in [4.69, 9.17) is 14.2 Å². The van der Waals surface area contributed by atoms with Gasteiger partial charge in [0.05, 0.1) is 30.3 Å². The minimum atomic E-state index is -0.830. The number of carbonyl (C=O) groups is 2. The van der Waals surface area contributed by atoms with Gasteiger partial charge >= 0.3 is 11.9 Å². The Labute approximate surface area is 179 Å². The first-order valence-electron chi connectivity index (χ1n) is 11.9. The highest BCUT2D eigenvalue weighted by molar-refractivity contribution is 5.74. The Morgan fingerprint density at radius 1 is 1.07 bits per heavy atom. The van der Waals surface area contributed by atoms with Gasteiger partial charge in [0.15, 0.2) is 0 Å². The second-order valence-electron chi connectivity index (χ2n) is 10.9. The molecule has 1 heterocycles. The fraction of sp³-hybridized carbons (Fsp3) is 0.917. The minimum absolute atomic E-state index is 0.0423. The van der Waals surface area contributed by atoms with Crippen molar-refractivity contribution < 1.29 is 28.9 Å². The van der Waals surface area contributed by atoms with Crippen molar-refractivity contribution in [3.8, 4) is 0 Å². The van der Waals surface area contributed by atoms with Gasteiger partial charge in [-0.15, -0.1) is 0 Å². The molecule has 1 aliphatic heterocycles. The quantitative estimate of drug-likeness (QED) is 0.705. The Balaban J connectivity index is 1.44. The highest BCUT2D eigenvalue weighted by atomic mass is 16.5. The van der Waals surface area contributed by atoms with Gasteiger partial charge in [0.2, 0.25) is 0 Å². The minimum Gasteiger partial charge on any atom is -0.466 e. The highest BCUT2D eigenvalue weighted by Crippen LogP contribution is 2.74. The predicted molar refractivity (Wildman–Crippen MR) is 108 cm³/mol. The zero-order valence-corrected chi connectivity index (χ0v) is 18.6. The number of esters is 2. The summed E-state index contributed by atoms with van der Waals surface area (Å²) in [6.45, 7) is 6.63. The normalized spacial score (nSPS) is 51.5. The third kappa shape index (κ3) is 2.49. The van der Waals surface area contributed by atoms with Crippen LogP contribution < -0.4 is 0 Å². The van der Waals surface area contributed by atoms with Crippen LogP contribution in [0.5, 0.6) is 0 Å². The van der Waals surface area contributed by atoms with Gasteiger partial charge in [-0.3, -0.25) is 9.59 Å². The van der Waals surface area contributed by atoms with Crippen molar-refractivity contribution >= 4 is 11.9 Å². The van der Waals surface area contributed by atoms with Crippen LogP contribution in [0.4, 0.5) is 0 Å². The number of aliphatic hydroxyl groups is 1. The molecule has 0 unspecified atom stereocenters. The average molecular weight is 421 g/mol. The molecule has 2 bridgehead atoms. The van der Waals surface area contributed by atoms with Crippen LogP contribution >= 0.6 is 0 Å². The lowest BCUT2D eigenvalue weighted by Crippen LogP contribution is -2.66. The van der Waals surface area contributed by atoms with Crippen LogP contribution in [0.1, 0.15) is 78.6 Å². The Hall–Kier alpha value is -1.14. The van der Waals surface area contributed by atoms with Gasteiger partial charge < -0.3 is 19.3 Å². The first kappa shape index (κ1) is 20.7. The first-order valence-corrected chi connectivity index (χ1v) is 11.9. The molecular formula is C24H36O6. The number of hydrogen-bond acceptors (Lipinski definition) is 6. The molecule has 0 aromatic heterocycles. The van der Waals surface area contributed by atoms with Gasteiger partial charge in [0.25, 0.3) is 0 Å². The van der Waals surface area contributed by atoms with Gasteiger partial charge in [0.1, 0.15) is 6.10 Å². The molecule has 5 fully saturated rings. The third-order valence-electron chi connectivity index (χ3n) is 9.99. The molecule has 0 amide bonds. The zero-order valence-electron chi connectivity index (χ0n) is 18.6. The molecule has 4 aliphatic carbocycles. The summed E-state index contributed by atoms with van der Waals surface area (Å²) in [5.41, 5.74) is -1.39. The van der Waals surface area contributed by atoms with Crippen molar-refractivity contribution in [2.45, 2.75) is 95.9 Å². The summed E-state index contributed by atoms with van der Waals surface area (Å²) < 4.78 is 17.7. The molecule has 30 heavy (non-hydrogen) atoms. The van der Waals surface area contributed by atoms with Crippen molar-refractivity contribution in [1.29, 1.82) is 0 Å². The topological polar surface area (TPSA) is 82.1 Å². The van der Waals surface area contributed by atoms with Crippen LogP contribution in [-0.4, -0.2) is 47.6 Å². The van der Waals surface area contributed by atoms with Crippen LogP contribution in [0.15, 0.2) is 0 Å². The first-order chi connectivity index (χ1) is 14.2. The van der Waals surface area contributed by atoms with E-state index in [1.54, 1.807) is 0 Å². The SMILES string of the molecule is CCOC(=O)[C@H]1CC[C@@H]2[C@]1(C)CC[C@H]1[C@@]23CC[C@@]2(O)C[C@@H](OC(C)=O)CC[C@]12CO3. The van der Waals surface area contributed by atoms with E-state index in [1.165, 1.54) is 6.92 Å². The summed E-state index contributed by atoms with van der Waals surface area (Å²) >= 11 is 0. The fourth-order valence-corrected chi connectivity index (χ4v) is 8.82. The van der Waals surface area contributed by atoms with Gasteiger partial charge in [-0.25, -0.2) is 0 Å².